The second kappa shape index (κ2) is 8.09. The molecule has 25 heavy (non-hydrogen) atoms. The fourth-order valence-electron chi connectivity index (χ4n) is 1.91. The van der Waals surface area contributed by atoms with Crippen molar-refractivity contribution in [2.24, 2.45) is 0 Å². The second-order valence-electron chi connectivity index (χ2n) is 5.59. The Kier molecular flexibility index (Phi) is 6.11. The molecule has 0 radical (unpaired) electrons. The van der Waals surface area contributed by atoms with Crippen molar-refractivity contribution in [3.05, 3.63) is 23.9 Å². The standard InChI is InChI=1S/C16H21F3N6/c1-4-9-20-14-23-13(24-15(25-14)21-10(3)5-2)11-7-6-8-12(22-11)16(17,18)19/h6-8,10H,4-5,9H2,1-3H3,(H2,20,21,23,24,25)/t10-/m0/s1. The average molecular weight is 354 g/mol. The molecule has 2 heterocycles. The van der Waals surface area contributed by atoms with Gasteiger partial charge < -0.3 is 10.6 Å². The Morgan fingerprint density at radius 3 is 2.40 bits per heavy atom. The van der Waals surface area contributed by atoms with Gasteiger partial charge in [-0.2, -0.15) is 28.1 Å². The van der Waals surface area contributed by atoms with Crippen LogP contribution in [0.2, 0.25) is 0 Å². The van der Waals surface area contributed by atoms with Crippen LogP contribution in [0.4, 0.5) is 25.1 Å². The molecule has 2 N–H and O–H groups in total. The quantitative estimate of drug-likeness (QED) is 0.783. The van der Waals surface area contributed by atoms with Crippen molar-refractivity contribution < 1.29 is 13.2 Å². The van der Waals surface area contributed by atoms with Gasteiger partial charge in [-0.1, -0.05) is 19.9 Å². The van der Waals surface area contributed by atoms with Crippen LogP contribution in [0.1, 0.15) is 39.3 Å². The van der Waals surface area contributed by atoms with Crippen molar-refractivity contribution >= 4 is 11.9 Å². The summed E-state index contributed by atoms with van der Waals surface area (Å²) in [6, 6.07) is 3.76. The van der Waals surface area contributed by atoms with E-state index < -0.39 is 11.9 Å². The zero-order valence-corrected chi connectivity index (χ0v) is 14.4. The van der Waals surface area contributed by atoms with Gasteiger partial charge in [0.25, 0.3) is 0 Å². The van der Waals surface area contributed by atoms with Crippen molar-refractivity contribution in [3.63, 3.8) is 0 Å². The number of aromatic nitrogens is 4. The predicted molar refractivity (Wildman–Crippen MR) is 90.2 cm³/mol. The Labute approximate surface area is 144 Å². The molecule has 0 spiro atoms. The maximum absolute atomic E-state index is 12.9. The Morgan fingerprint density at radius 2 is 1.76 bits per heavy atom. The molecule has 2 rings (SSSR count). The van der Waals surface area contributed by atoms with E-state index in [1.807, 2.05) is 20.8 Å². The highest BCUT2D eigenvalue weighted by Gasteiger charge is 2.32. The van der Waals surface area contributed by atoms with Gasteiger partial charge in [-0.05, 0) is 31.9 Å². The van der Waals surface area contributed by atoms with E-state index in [0.717, 1.165) is 18.9 Å². The molecule has 0 aliphatic rings. The summed E-state index contributed by atoms with van der Waals surface area (Å²) in [7, 11) is 0. The summed E-state index contributed by atoms with van der Waals surface area (Å²) < 4.78 is 38.7. The second-order valence-corrected chi connectivity index (χ2v) is 5.59. The van der Waals surface area contributed by atoms with Crippen LogP contribution in [0, 0.1) is 0 Å². The third-order valence-electron chi connectivity index (χ3n) is 3.43. The topological polar surface area (TPSA) is 75.6 Å². The van der Waals surface area contributed by atoms with Crippen molar-refractivity contribution in [2.75, 3.05) is 17.2 Å². The van der Waals surface area contributed by atoms with Gasteiger partial charge >= 0.3 is 6.18 Å². The highest BCUT2D eigenvalue weighted by atomic mass is 19.4. The first-order valence-corrected chi connectivity index (χ1v) is 8.14. The maximum Gasteiger partial charge on any atom is 0.433 e. The van der Waals surface area contributed by atoms with E-state index in [9.17, 15) is 13.2 Å². The minimum Gasteiger partial charge on any atom is -0.354 e. The van der Waals surface area contributed by atoms with Gasteiger partial charge in [-0.25, -0.2) is 4.98 Å². The summed E-state index contributed by atoms with van der Waals surface area (Å²) in [6.07, 6.45) is -2.82. The first-order chi connectivity index (χ1) is 11.8. The summed E-state index contributed by atoms with van der Waals surface area (Å²) in [6.45, 7) is 6.60. The molecule has 0 aromatic carbocycles. The Bertz CT molecular complexity index is 705. The lowest BCUT2D eigenvalue weighted by Crippen LogP contribution is -2.18. The number of nitrogens with zero attached hydrogens (tertiary/aromatic N) is 4. The lowest BCUT2D eigenvalue weighted by Gasteiger charge is -2.14. The van der Waals surface area contributed by atoms with E-state index in [2.05, 4.69) is 30.6 Å². The number of nitrogens with one attached hydrogen (secondary N) is 2. The molecule has 0 unspecified atom stereocenters. The molecule has 0 saturated heterocycles. The van der Waals surface area contributed by atoms with Crippen LogP contribution in [-0.4, -0.2) is 32.5 Å². The predicted octanol–water partition coefficient (Wildman–Crippen LogP) is 3.98. The molecule has 2 aromatic heterocycles. The van der Waals surface area contributed by atoms with Crippen LogP contribution in [0.3, 0.4) is 0 Å². The smallest absolute Gasteiger partial charge is 0.354 e. The van der Waals surface area contributed by atoms with Crippen molar-refractivity contribution in [1.29, 1.82) is 0 Å². The fraction of sp³-hybridized carbons (Fsp3) is 0.500. The minimum absolute atomic E-state index is 0.0453. The molecule has 0 bridgehead atoms. The van der Waals surface area contributed by atoms with Gasteiger partial charge in [0.05, 0.1) is 0 Å². The van der Waals surface area contributed by atoms with Gasteiger partial charge in [0.2, 0.25) is 11.9 Å². The van der Waals surface area contributed by atoms with Gasteiger partial charge in [-0.15, -0.1) is 0 Å². The van der Waals surface area contributed by atoms with Crippen LogP contribution < -0.4 is 10.6 Å². The molecule has 0 aliphatic carbocycles. The minimum atomic E-state index is -4.52. The molecule has 0 fully saturated rings. The van der Waals surface area contributed by atoms with Crippen molar-refractivity contribution in [2.45, 2.75) is 45.8 Å². The number of halogens is 3. The lowest BCUT2D eigenvalue weighted by atomic mass is 10.2. The molecule has 0 saturated carbocycles. The summed E-state index contributed by atoms with van der Waals surface area (Å²) in [5.41, 5.74) is -0.936. The Morgan fingerprint density at radius 1 is 1.04 bits per heavy atom. The molecular formula is C16H21F3N6. The highest BCUT2D eigenvalue weighted by Crippen LogP contribution is 2.29. The van der Waals surface area contributed by atoms with Crippen molar-refractivity contribution in [3.8, 4) is 11.5 Å². The van der Waals surface area contributed by atoms with Crippen molar-refractivity contribution in [1.82, 2.24) is 19.9 Å². The summed E-state index contributed by atoms with van der Waals surface area (Å²) in [5.74, 6) is 0.694. The molecule has 0 amide bonds. The monoisotopic (exact) mass is 354 g/mol. The first kappa shape index (κ1) is 18.9. The number of anilines is 2. The zero-order chi connectivity index (χ0) is 18.4. The number of rotatable bonds is 7. The highest BCUT2D eigenvalue weighted by molar-refractivity contribution is 5.54. The SMILES string of the molecule is CCCNc1nc(N[C@@H](C)CC)nc(-c2cccc(C(F)(F)F)n2)n1. The van der Waals surface area contributed by atoms with E-state index in [1.54, 1.807) is 0 Å². The molecule has 9 heteroatoms. The van der Waals surface area contributed by atoms with Gasteiger partial charge in [-0.3, -0.25) is 0 Å². The third-order valence-corrected chi connectivity index (χ3v) is 3.43. The third kappa shape index (κ3) is 5.27. The van der Waals surface area contributed by atoms with Crippen LogP contribution in [0.15, 0.2) is 18.2 Å². The van der Waals surface area contributed by atoms with E-state index >= 15 is 0 Å². The number of hydrogen-bond acceptors (Lipinski definition) is 6. The van der Waals surface area contributed by atoms with E-state index in [-0.39, 0.29) is 17.6 Å². The maximum atomic E-state index is 12.9. The normalized spacial score (nSPS) is 12.7. The zero-order valence-electron chi connectivity index (χ0n) is 14.4. The average Bonchev–Trinajstić information content (AvgIpc) is 2.59. The Hall–Kier alpha value is -2.45. The molecule has 136 valence electrons. The van der Waals surface area contributed by atoms with Crippen LogP contribution in [0.25, 0.3) is 11.5 Å². The number of hydrogen-bond donors (Lipinski definition) is 2. The number of alkyl halides is 3. The largest absolute Gasteiger partial charge is 0.433 e. The first-order valence-electron chi connectivity index (χ1n) is 8.14. The van der Waals surface area contributed by atoms with Crippen LogP contribution >= 0.6 is 0 Å². The van der Waals surface area contributed by atoms with Crippen LogP contribution in [0.5, 0.6) is 0 Å². The molecule has 0 aliphatic heterocycles. The van der Waals surface area contributed by atoms with Gasteiger partial charge in [0, 0.05) is 12.6 Å². The molecule has 1 atom stereocenters. The van der Waals surface area contributed by atoms with E-state index in [1.165, 1.54) is 12.1 Å². The fourth-order valence-corrected chi connectivity index (χ4v) is 1.91. The lowest BCUT2D eigenvalue weighted by molar-refractivity contribution is -0.141. The van der Waals surface area contributed by atoms with Crippen LogP contribution in [-0.2, 0) is 6.18 Å². The van der Waals surface area contributed by atoms with E-state index in [4.69, 9.17) is 0 Å². The summed E-state index contributed by atoms with van der Waals surface area (Å²) in [4.78, 5) is 16.3. The summed E-state index contributed by atoms with van der Waals surface area (Å²) >= 11 is 0. The van der Waals surface area contributed by atoms with Gasteiger partial charge in [0.15, 0.2) is 5.82 Å². The van der Waals surface area contributed by atoms with E-state index in [0.29, 0.717) is 18.4 Å². The van der Waals surface area contributed by atoms with Gasteiger partial charge in [0.1, 0.15) is 11.4 Å². The molecule has 6 nitrogen and oxygen atoms in total. The summed E-state index contributed by atoms with van der Waals surface area (Å²) in [5, 5.41) is 6.14. The Balaban J connectivity index is 2.43. The molecular weight excluding hydrogens is 333 g/mol. The number of pyridine rings is 1. The molecule has 2 aromatic rings.